The van der Waals surface area contributed by atoms with Crippen molar-refractivity contribution in [2.24, 2.45) is 0 Å². The molecule has 22 heavy (non-hydrogen) atoms. The summed E-state index contributed by atoms with van der Waals surface area (Å²) in [5.41, 5.74) is -0.211. The van der Waals surface area contributed by atoms with Gasteiger partial charge in [0.25, 0.3) is 5.91 Å². The van der Waals surface area contributed by atoms with Crippen molar-refractivity contribution in [1.82, 2.24) is 0 Å². The van der Waals surface area contributed by atoms with Crippen LogP contribution in [0, 0.1) is 0 Å². The second-order valence-electron chi connectivity index (χ2n) is 6.12. The van der Waals surface area contributed by atoms with Crippen LogP contribution in [-0.4, -0.2) is 29.1 Å². The zero-order chi connectivity index (χ0) is 16.3. The number of aromatic carboxylic acids is 1. The molecule has 1 aromatic carbocycles. The number of rotatable bonds is 6. The number of carboxylic acid groups (broad SMARTS) is 1. The van der Waals surface area contributed by atoms with E-state index in [1.54, 1.807) is 24.8 Å². The van der Waals surface area contributed by atoms with E-state index in [0.717, 1.165) is 25.7 Å². The predicted octanol–water partition coefficient (Wildman–Crippen LogP) is 3.47. The molecule has 5 nitrogen and oxygen atoms in total. The molecule has 0 atom stereocenters. The topological polar surface area (TPSA) is 66.8 Å². The summed E-state index contributed by atoms with van der Waals surface area (Å²) in [6.07, 6.45) is 4.20. The first-order chi connectivity index (χ1) is 10.4. The van der Waals surface area contributed by atoms with E-state index in [4.69, 9.17) is 9.84 Å². The Kier molecular flexibility index (Phi) is 4.74. The monoisotopic (exact) mass is 305 g/mol. The molecule has 0 saturated heterocycles. The average Bonchev–Trinajstić information content (AvgIpc) is 2.46. The maximum absolute atomic E-state index is 12.6. The number of amides is 1. The van der Waals surface area contributed by atoms with Crippen LogP contribution >= 0.6 is 0 Å². The van der Waals surface area contributed by atoms with E-state index in [9.17, 15) is 9.59 Å². The normalized spacial score (nSPS) is 16.1. The lowest BCUT2D eigenvalue weighted by Gasteiger charge is -2.39. The Balaban J connectivity index is 2.31. The molecule has 2 rings (SSSR count). The minimum Gasteiger partial charge on any atom is -0.478 e. The van der Waals surface area contributed by atoms with Crippen molar-refractivity contribution in [3.63, 3.8) is 0 Å². The first kappa shape index (κ1) is 16.3. The summed E-state index contributed by atoms with van der Waals surface area (Å²) in [7, 11) is 0. The highest BCUT2D eigenvalue weighted by atomic mass is 16.5. The highest BCUT2D eigenvalue weighted by Gasteiger charge is 2.40. The van der Waals surface area contributed by atoms with E-state index in [-0.39, 0.29) is 11.5 Å². The molecule has 0 bridgehead atoms. The Labute approximate surface area is 130 Å². The standard InChI is InChI=1S/C17H23NO4/c1-4-5-6-7-10-18-13-11-12(15(19)20)8-9-14(13)22-17(2,3)16(18)21/h8-9,11H,4-7,10H2,1-3H3,(H,19,20). The SMILES string of the molecule is CCCCCCN1C(=O)C(C)(C)Oc2ccc(C(=O)O)cc21. The van der Waals surface area contributed by atoms with Crippen molar-refractivity contribution in [2.75, 3.05) is 11.4 Å². The van der Waals surface area contributed by atoms with E-state index < -0.39 is 11.6 Å². The van der Waals surface area contributed by atoms with Crippen LogP contribution in [0.2, 0.25) is 0 Å². The summed E-state index contributed by atoms with van der Waals surface area (Å²) < 4.78 is 5.74. The van der Waals surface area contributed by atoms with Crippen LogP contribution in [0.25, 0.3) is 0 Å². The zero-order valence-electron chi connectivity index (χ0n) is 13.4. The molecule has 1 heterocycles. The average molecular weight is 305 g/mol. The van der Waals surface area contributed by atoms with Gasteiger partial charge in [0.05, 0.1) is 11.3 Å². The number of carboxylic acids is 1. The van der Waals surface area contributed by atoms with Crippen molar-refractivity contribution in [2.45, 2.75) is 52.1 Å². The molecule has 0 saturated carbocycles. The van der Waals surface area contributed by atoms with Crippen LogP contribution in [0.15, 0.2) is 18.2 Å². The lowest BCUT2D eigenvalue weighted by molar-refractivity contribution is -0.132. The van der Waals surface area contributed by atoms with Crippen LogP contribution < -0.4 is 9.64 Å². The molecule has 0 unspecified atom stereocenters. The third-order valence-corrected chi connectivity index (χ3v) is 3.86. The summed E-state index contributed by atoms with van der Waals surface area (Å²) in [6.45, 7) is 6.20. The maximum atomic E-state index is 12.6. The quantitative estimate of drug-likeness (QED) is 0.817. The molecule has 0 spiro atoms. The van der Waals surface area contributed by atoms with Gasteiger partial charge in [0.15, 0.2) is 5.60 Å². The number of hydrogen-bond donors (Lipinski definition) is 1. The van der Waals surface area contributed by atoms with Crippen molar-refractivity contribution in [3.05, 3.63) is 23.8 Å². The van der Waals surface area contributed by atoms with Crippen LogP contribution in [0.3, 0.4) is 0 Å². The van der Waals surface area contributed by atoms with Crippen LogP contribution in [0.4, 0.5) is 5.69 Å². The fourth-order valence-electron chi connectivity index (χ4n) is 2.62. The summed E-state index contributed by atoms with van der Waals surface area (Å²) in [5, 5.41) is 9.14. The Hall–Kier alpha value is -2.04. The predicted molar refractivity (Wildman–Crippen MR) is 84.6 cm³/mol. The Morgan fingerprint density at radius 1 is 1.27 bits per heavy atom. The smallest absolute Gasteiger partial charge is 0.335 e. The molecule has 0 aromatic heterocycles. The van der Waals surface area contributed by atoms with Crippen molar-refractivity contribution in [1.29, 1.82) is 0 Å². The molecule has 1 aliphatic rings. The highest BCUT2D eigenvalue weighted by molar-refractivity contribution is 6.03. The van der Waals surface area contributed by atoms with Gasteiger partial charge in [-0.25, -0.2) is 4.79 Å². The summed E-state index contributed by atoms with van der Waals surface area (Å²) in [5.74, 6) is -0.574. The summed E-state index contributed by atoms with van der Waals surface area (Å²) in [4.78, 5) is 25.4. The van der Waals surface area contributed by atoms with E-state index in [1.165, 1.54) is 12.1 Å². The number of unbranched alkanes of at least 4 members (excludes halogenated alkanes) is 3. The van der Waals surface area contributed by atoms with Crippen LogP contribution in [0.1, 0.15) is 56.8 Å². The molecule has 0 aliphatic carbocycles. The van der Waals surface area contributed by atoms with Gasteiger partial charge in [0.1, 0.15) is 5.75 Å². The number of fused-ring (bicyclic) bond motifs is 1. The number of carbonyl (C=O) groups excluding carboxylic acids is 1. The van der Waals surface area contributed by atoms with Gasteiger partial charge in [0, 0.05) is 6.54 Å². The molecule has 1 N–H and O–H groups in total. The van der Waals surface area contributed by atoms with E-state index in [2.05, 4.69) is 6.92 Å². The summed E-state index contributed by atoms with van der Waals surface area (Å²) in [6, 6.07) is 4.65. The van der Waals surface area contributed by atoms with Gasteiger partial charge in [-0.2, -0.15) is 0 Å². The maximum Gasteiger partial charge on any atom is 0.335 e. The van der Waals surface area contributed by atoms with Gasteiger partial charge in [-0.05, 0) is 38.5 Å². The Morgan fingerprint density at radius 2 is 2.00 bits per heavy atom. The number of benzene rings is 1. The van der Waals surface area contributed by atoms with Gasteiger partial charge in [-0.15, -0.1) is 0 Å². The Morgan fingerprint density at radius 3 is 2.64 bits per heavy atom. The second kappa shape index (κ2) is 6.38. The minimum absolute atomic E-state index is 0.126. The zero-order valence-corrected chi connectivity index (χ0v) is 13.4. The van der Waals surface area contributed by atoms with Crippen molar-refractivity contribution in [3.8, 4) is 5.75 Å². The molecule has 1 aliphatic heterocycles. The largest absolute Gasteiger partial charge is 0.478 e. The number of hydrogen-bond acceptors (Lipinski definition) is 3. The third kappa shape index (κ3) is 3.24. The first-order valence-electron chi connectivity index (χ1n) is 7.75. The van der Waals surface area contributed by atoms with Gasteiger partial charge in [-0.3, -0.25) is 4.79 Å². The van der Waals surface area contributed by atoms with Gasteiger partial charge in [-0.1, -0.05) is 26.2 Å². The number of ether oxygens (including phenoxy) is 1. The fourth-order valence-corrected chi connectivity index (χ4v) is 2.62. The lowest BCUT2D eigenvalue weighted by atomic mass is 10.0. The fraction of sp³-hybridized carbons (Fsp3) is 0.529. The highest BCUT2D eigenvalue weighted by Crippen LogP contribution is 2.38. The lowest BCUT2D eigenvalue weighted by Crippen LogP contribution is -2.52. The van der Waals surface area contributed by atoms with E-state index in [1.807, 2.05) is 0 Å². The molecule has 120 valence electrons. The Bertz CT molecular complexity index is 580. The third-order valence-electron chi connectivity index (χ3n) is 3.86. The summed E-state index contributed by atoms with van der Waals surface area (Å²) >= 11 is 0. The van der Waals surface area contributed by atoms with Crippen molar-refractivity contribution >= 4 is 17.6 Å². The molecule has 1 amide bonds. The minimum atomic E-state index is -1.01. The molecule has 0 fully saturated rings. The van der Waals surface area contributed by atoms with E-state index in [0.29, 0.717) is 18.0 Å². The first-order valence-corrected chi connectivity index (χ1v) is 7.75. The van der Waals surface area contributed by atoms with Gasteiger partial charge >= 0.3 is 5.97 Å². The molecule has 5 heteroatoms. The van der Waals surface area contributed by atoms with Crippen LogP contribution in [0.5, 0.6) is 5.75 Å². The van der Waals surface area contributed by atoms with Gasteiger partial charge in [0.2, 0.25) is 0 Å². The number of nitrogens with zero attached hydrogens (tertiary/aromatic N) is 1. The molecular weight excluding hydrogens is 282 g/mol. The number of anilines is 1. The molecular formula is C17H23NO4. The van der Waals surface area contributed by atoms with Crippen molar-refractivity contribution < 1.29 is 19.4 Å². The number of carbonyl (C=O) groups is 2. The van der Waals surface area contributed by atoms with Crippen LogP contribution in [-0.2, 0) is 4.79 Å². The molecule has 1 aromatic rings. The van der Waals surface area contributed by atoms with Gasteiger partial charge < -0.3 is 14.7 Å². The van der Waals surface area contributed by atoms with E-state index >= 15 is 0 Å². The second-order valence-corrected chi connectivity index (χ2v) is 6.12. The molecule has 0 radical (unpaired) electrons.